The summed E-state index contributed by atoms with van der Waals surface area (Å²) in [7, 11) is 0. The van der Waals surface area contributed by atoms with Gasteiger partial charge in [0, 0.05) is 19.5 Å². The third kappa shape index (κ3) is 3.15. The zero-order valence-electron chi connectivity index (χ0n) is 13.5. The molecule has 0 bridgehead atoms. The van der Waals surface area contributed by atoms with Gasteiger partial charge in [0.2, 0.25) is 0 Å². The Kier molecular flexibility index (Phi) is 4.59. The molecule has 1 amide bonds. The number of ether oxygens (including phenoxy) is 1. The Bertz CT molecular complexity index is 857. The fourth-order valence-corrected chi connectivity index (χ4v) is 2.74. The van der Waals surface area contributed by atoms with Crippen LogP contribution in [0.25, 0.3) is 10.9 Å². The van der Waals surface area contributed by atoms with Gasteiger partial charge < -0.3 is 10.1 Å². The van der Waals surface area contributed by atoms with Gasteiger partial charge in [-0.1, -0.05) is 6.92 Å². The number of aromatic nitrogens is 2. The molecule has 0 atom stereocenters. The summed E-state index contributed by atoms with van der Waals surface area (Å²) < 4.78 is 6.68. The summed E-state index contributed by atoms with van der Waals surface area (Å²) in [5, 5.41) is 3.12. The topological polar surface area (TPSA) is 90.3 Å². The normalized spacial score (nSPS) is 12.9. The number of aryl methyl sites for hydroxylation is 1. The molecule has 2 aromatic rings. The predicted molar refractivity (Wildman–Crippen MR) is 87.9 cm³/mol. The number of fused-ring (bicyclic) bond motifs is 2. The fourth-order valence-electron chi connectivity index (χ4n) is 2.74. The van der Waals surface area contributed by atoms with Crippen molar-refractivity contribution in [2.75, 3.05) is 13.2 Å². The lowest BCUT2D eigenvalue weighted by Gasteiger charge is -2.08. The minimum absolute atomic E-state index is 0.0774. The zero-order chi connectivity index (χ0) is 17.1. The van der Waals surface area contributed by atoms with Gasteiger partial charge in [-0.25, -0.2) is 9.78 Å². The highest BCUT2D eigenvalue weighted by atomic mass is 16.5. The number of nitrogens with zero attached hydrogens (tertiary/aromatic N) is 2. The molecule has 0 saturated carbocycles. The molecule has 1 aromatic heterocycles. The van der Waals surface area contributed by atoms with Crippen LogP contribution in [0.3, 0.4) is 0 Å². The van der Waals surface area contributed by atoms with Gasteiger partial charge in [0.15, 0.2) is 6.61 Å². The highest BCUT2D eigenvalue weighted by Crippen LogP contribution is 2.16. The molecular formula is C17H19N3O4. The molecule has 1 aliphatic heterocycles. The van der Waals surface area contributed by atoms with Crippen molar-refractivity contribution in [3.05, 3.63) is 39.9 Å². The maximum Gasteiger partial charge on any atom is 0.338 e. The van der Waals surface area contributed by atoms with Crippen molar-refractivity contribution >= 4 is 22.8 Å². The molecule has 0 spiro atoms. The van der Waals surface area contributed by atoms with Crippen LogP contribution in [0.5, 0.6) is 0 Å². The fraction of sp³-hybridized carbons (Fsp3) is 0.412. The number of amides is 1. The molecule has 3 rings (SSSR count). The molecule has 1 N–H and O–H groups in total. The minimum Gasteiger partial charge on any atom is -0.452 e. The van der Waals surface area contributed by atoms with Crippen molar-refractivity contribution in [3.63, 3.8) is 0 Å². The Morgan fingerprint density at radius 2 is 2.21 bits per heavy atom. The summed E-state index contributed by atoms with van der Waals surface area (Å²) in [5.41, 5.74) is 0.685. The van der Waals surface area contributed by atoms with E-state index in [1.807, 2.05) is 6.92 Å². The summed E-state index contributed by atoms with van der Waals surface area (Å²) >= 11 is 0. The molecule has 7 nitrogen and oxygen atoms in total. The van der Waals surface area contributed by atoms with Crippen LogP contribution >= 0.6 is 0 Å². The van der Waals surface area contributed by atoms with Gasteiger partial charge in [0.25, 0.3) is 11.5 Å². The number of benzene rings is 1. The van der Waals surface area contributed by atoms with Gasteiger partial charge in [-0.15, -0.1) is 0 Å². The molecule has 7 heteroatoms. The van der Waals surface area contributed by atoms with E-state index in [2.05, 4.69) is 10.3 Å². The van der Waals surface area contributed by atoms with Crippen LogP contribution in [0.4, 0.5) is 0 Å². The van der Waals surface area contributed by atoms with Crippen LogP contribution in [0.2, 0.25) is 0 Å². The van der Waals surface area contributed by atoms with E-state index in [0.717, 1.165) is 25.1 Å². The molecule has 0 saturated heterocycles. The quantitative estimate of drug-likeness (QED) is 0.827. The lowest BCUT2D eigenvalue weighted by atomic mass is 10.1. The Morgan fingerprint density at radius 1 is 1.38 bits per heavy atom. The van der Waals surface area contributed by atoms with E-state index in [4.69, 9.17) is 4.74 Å². The Balaban J connectivity index is 1.78. The third-order valence-electron chi connectivity index (χ3n) is 3.96. The van der Waals surface area contributed by atoms with E-state index in [1.54, 1.807) is 16.7 Å². The molecule has 0 fully saturated rings. The molecule has 0 radical (unpaired) electrons. The van der Waals surface area contributed by atoms with E-state index < -0.39 is 5.97 Å². The van der Waals surface area contributed by atoms with Crippen LogP contribution in [0.1, 0.15) is 35.9 Å². The second kappa shape index (κ2) is 6.82. The van der Waals surface area contributed by atoms with Crippen LogP contribution < -0.4 is 10.9 Å². The monoisotopic (exact) mass is 329 g/mol. The van der Waals surface area contributed by atoms with Crippen molar-refractivity contribution in [3.8, 4) is 0 Å². The van der Waals surface area contributed by atoms with Crippen LogP contribution in [0, 0.1) is 0 Å². The summed E-state index contributed by atoms with van der Waals surface area (Å²) in [6.07, 6.45) is 2.48. The lowest BCUT2D eigenvalue weighted by Crippen LogP contribution is -2.29. The van der Waals surface area contributed by atoms with Gasteiger partial charge >= 0.3 is 5.97 Å². The summed E-state index contributed by atoms with van der Waals surface area (Å²) in [4.78, 5) is 40.4. The van der Waals surface area contributed by atoms with E-state index in [-0.39, 0.29) is 23.6 Å². The van der Waals surface area contributed by atoms with Gasteiger partial charge in [-0.3, -0.25) is 14.2 Å². The maximum atomic E-state index is 12.4. The molecular weight excluding hydrogens is 310 g/mol. The molecule has 2 heterocycles. The Morgan fingerprint density at radius 3 is 3.00 bits per heavy atom. The number of hydrogen-bond donors (Lipinski definition) is 1. The third-order valence-corrected chi connectivity index (χ3v) is 3.96. The first-order valence-corrected chi connectivity index (χ1v) is 8.07. The van der Waals surface area contributed by atoms with Crippen molar-refractivity contribution in [1.82, 2.24) is 14.9 Å². The van der Waals surface area contributed by atoms with Gasteiger partial charge in [-0.05, 0) is 31.0 Å². The Hall–Kier alpha value is -2.70. The highest BCUT2D eigenvalue weighted by molar-refractivity contribution is 5.95. The SMILES string of the molecule is CCCNC(=O)COC(=O)c1ccc2c(=O)n3c(nc2c1)CCC3. The number of rotatable bonds is 5. The van der Waals surface area contributed by atoms with Crippen LogP contribution in [0.15, 0.2) is 23.0 Å². The molecule has 0 aliphatic carbocycles. The van der Waals surface area contributed by atoms with Gasteiger partial charge in [0.1, 0.15) is 5.82 Å². The standard InChI is InChI=1S/C17H19N3O4/c1-2-7-18-15(21)10-24-17(23)11-5-6-12-13(9-11)19-14-4-3-8-20(14)16(12)22/h5-6,9H,2-4,7-8,10H2,1H3,(H,18,21). The van der Waals surface area contributed by atoms with Crippen LogP contribution in [-0.2, 0) is 22.5 Å². The number of carbonyl (C=O) groups excluding carboxylic acids is 2. The first kappa shape index (κ1) is 16.2. The van der Waals surface area contributed by atoms with Crippen LogP contribution in [-0.4, -0.2) is 34.6 Å². The zero-order valence-corrected chi connectivity index (χ0v) is 13.5. The van der Waals surface area contributed by atoms with Crippen molar-refractivity contribution < 1.29 is 14.3 Å². The largest absolute Gasteiger partial charge is 0.452 e. The van der Waals surface area contributed by atoms with Gasteiger partial charge in [0.05, 0.1) is 16.5 Å². The average molecular weight is 329 g/mol. The highest BCUT2D eigenvalue weighted by Gasteiger charge is 2.17. The number of hydrogen-bond acceptors (Lipinski definition) is 5. The van der Waals surface area contributed by atoms with Gasteiger partial charge in [-0.2, -0.15) is 0 Å². The lowest BCUT2D eigenvalue weighted by molar-refractivity contribution is -0.124. The first-order chi connectivity index (χ1) is 11.6. The smallest absolute Gasteiger partial charge is 0.338 e. The van der Waals surface area contributed by atoms with Crippen molar-refractivity contribution in [1.29, 1.82) is 0 Å². The second-order valence-corrected chi connectivity index (χ2v) is 5.75. The minimum atomic E-state index is -0.606. The van der Waals surface area contributed by atoms with Crippen molar-refractivity contribution in [2.45, 2.75) is 32.7 Å². The molecule has 24 heavy (non-hydrogen) atoms. The average Bonchev–Trinajstić information content (AvgIpc) is 3.06. The molecule has 126 valence electrons. The first-order valence-electron chi connectivity index (χ1n) is 8.07. The van der Waals surface area contributed by atoms with E-state index >= 15 is 0 Å². The summed E-state index contributed by atoms with van der Waals surface area (Å²) in [6.45, 7) is 2.85. The summed E-state index contributed by atoms with van der Waals surface area (Å²) in [6, 6.07) is 4.66. The summed E-state index contributed by atoms with van der Waals surface area (Å²) in [5.74, 6) is -0.192. The number of esters is 1. The molecule has 1 aromatic carbocycles. The number of nitrogens with one attached hydrogen (secondary N) is 1. The van der Waals surface area contributed by atoms with E-state index in [1.165, 1.54) is 6.07 Å². The Labute approximate surface area is 138 Å². The maximum absolute atomic E-state index is 12.4. The number of carbonyl (C=O) groups is 2. The molecule has 0 unspecified atom stereocenters. The van der Waals surface area contributed by atoms with E-state index in [9.17, 15) is 14.4 Å². The van der Waals surface area contributed by atoms with E-state index in [0.29, 0.717) is 24.0 Å². The second-order valence-electron chi connectivity index (χ2n) is 5.75. The van der Waals surface area contributed by atoms with Crippen molar-refractivity contribution in [2.24, 2.45) is 0 Å². The molecule has 1 aliphatic rings. The predicted octanol–water partition coefficient (Wildman–Crippen LogP) is 1.03.